The fraction of sp³-hybridized carbons (Fsp3) is 0.500. The Balaban J connectivity index is 5.55. The summed E-state index contributed by atoms with van der Waals surface area (Å²) in [6.45, 7) is 0. The lowest BCUT2D eigenvalue weighted by Crippen LogP contribution is -2.26. The zero-order chi connectivity index (χ0) is 14.8. The Bertz CT molecular complexity index is 325. The standard InChI is InChI=1S/C8H4ClF9/c9-3-4(6(10,11)12)1-2-5(7(13,14)15)8(16,17)18/h1-2H,3H2. The molecule has 18 heavy (non-hydrogen) atoms. The first-order valence-electron chi connectivity index (χ1n) is 3.98. The molecular formula is C8H4ClF9. The van der Waals surface area contributed by atoms with Crippen molar-refractivity contribution in [2.45, 2.75) is 18.5 Å². The summed E-state index contributed by atoms with van der Waals surface area (Å²) in [4.78, 5) is 0. The molecule has 0 amide bonds. The molecule has 0 aromatic carbocycles. The van der Waals surface area contributed by atoms with E-state index in [1.54, 1.807) is 0 Å². The number of allylic oxidation sites excluding steroid dienone is 4. The first-order valence-corrected chi connectivity index (χ1v) is 4.52. The molecule has 0 aliphatic carbocycles. The molecule has 0 N–H and O–H groups in total. The zero-order valence-corrected chi connectivity index (χ0v) is 8.90. The Labute approximate surface area is 99.7 Å². The molecule has 0 rings (SSSR count). The largest absolute Gasteiger partial charge is 0.421 e. The Hall–Kier alpha value is -0.860. The summed E-state index contributed by atoms with van der Waals surface area (Å²) in [7, 11) is 0. The van der Waals surface area contributed by atoms with Gasteiger partial charge in [0.15, 0.2) is 0 Å². The van der Waals surface area contributed by atoms with Gasteiger partial charge in [-0.05, 0) is 6.08 Å². The fourth-order valence-electron chi connectivity index (χ4n) is 0.748. The zero-order valence-electron chi connectivity index (χ0n) is 8.14. The number of hydrogen-bond donors (Lipinski definition) is 0. The molecule has 0 aliphatic rings. The van der Waals surface area contributed by atoms with Gasteiger partial charge in [0.1, 0.15) is 5.57 Å². The molecule has 0 aliphatic heterocycles. The second-order valence-electron chi connectivity index (χ2n) is 2.90. The highest BCUT2D eigenvalue weighted by atomic mass is 35.5. The van der Waals surface area contributed by atoms with Crippen molar-refractivity contribution in [3.05, 3.63) is 23.3 Å². The molecule has 10 heteroatoms. The van der Waals surface area contributed by atoms with Crippen LogP contribution in [0.15, 0.2) is 23.3 Å². The first kappa shape index (κ1) is 17.1. The number of rotatable bonds is 2. The molecule has 0 nitrogen and oxygen atoms in total. The molecule has 0 heterocycles. The van der Waals surface area contributed by atoms with Crippen LogP contribution in [0.25, 0.3) is 0 Å². The van der Waals surface area contributed by atoms with Crippen LogP contribution in [0.1, 0.15) is 0 Å². The maximum absolute atomic E-state index is 12.0. The topological polar surface area (TPSA) is 0 Å². The van der Waals surface area contributed by atoms with Crippen molar-refractivity contribution in [1.82, 2.24) is 0 Å². The van der Waals surface area contributed by atoms with Gasteiger partial charge >= 0.3 is 18.5 Å². The highest BCUT2D eigenvalue weighted by Crippen LogP contribution is 2.39. The molecule has 0 unspecified atom stereocenters. The van der Waals surface area contributed by atoms with E-state index < -0.39 is 41.6 Å². The van der Waals surface area contributed by atoms with Crippen LogP contribution in [0.3, 0.4) is 0 Å². The second-order valence-corrected chi connectivity index (χ2v) is 3.17. The predicted molar refractivity (Wildman–Crippen MR) is 45.1 cm³/mol. The van der Waals surface area contributed by atoms with Gasteiger partial charge in [-0.25, -0.2) is 0 Å². The molecular weight excluding hydrogens is 303 g/mol. The van der Waals surface area contributed by atoms with Crippen LogP contribution in [0, 0.1) is 0 Å². The summed E-state index contributed by atoms with van der Waals surface area (Å²) in [5, 5.41) is 0. The van der Waals surface area contributed by atoms with Crippen molar-refractivity contribution in [3.63, 3.8) is 0 Å². The van der Waals surface area contributed by atoms with Crippen LogP contribution in [0.2, 0.25) is 0 Å². The van der Waals surface area contributed by atoms with Crippen molar-refractivity contribution in [2.75, 3.05) is 5.88 Å². The van der Waals surface area contributed by atoms with Crippen LogP contribution in [0.4, 0.5) is 39.5 Å². The average Bonchev–Trinajstić information content (AvgIpc) is 2.05. The third-order valence-corrected chi connectivity index (χ3v) is 1.86. The highest BCUT2D eigenvalue weighted by molar-refractivity contribution is 6.19. The van der Waals surface area contributed by atoms with E-state index in [4.69, 9.17) is 11.6 Å². The lowest BCUT2D eigenvalue weighted by atomic mass is 10.2. The average molecular weight is 307 g/mol. The summed E-state index contributed by atoms with van der Waals surface area (Å²) in [5.41, 5.74) is -4.75. The lowest BCUT2D eigenvalue weighted by molar-refractivity contribution is -0.171. The quantitative estimate of drug-likeness (QED) is 0.392. The molecule has 0 saturated carbocycles. The van der Waals surface area contributed by atoms with E-state index >= 15 is 0 Å². The third-order valence-electron chi connectivity index (χ3n) is 1.57. The molecule has 0 aromatic rings. The van der Waals surface area contributed by atoms with E-state index in [1.807, 2.05) is 0 Å². The van der Waals surface area contributed by atoms with Crippen LogP contribution >= 0.6 is 11.6 Å². The predicted octanol–water partition coefficient (Wildman–Crippen LogP) is 4.76. The van der Waals surface area contributed by atoms with Gasteiger partial charge in [-0.3, -0.25) is 0 Å². The Morgan fingerprint density at radius 1 is 0.722 bits per heavy atom. The minimum Gasteiger partial charge on any atom is -0.166 e. The normalized spacial score (nSPS) is 14.7. The molecule has 0 radical (unpaired) electrons. The Kier molecular flexibility index (Phi) is 5.16. The summed E-state index contributed by atoms with van der Waals surface area (Å²) < 4.78 is 108. The maximum Gasteiger partial charge on any atom is 0.421 e. The van der Waals surface area contributed by atoms with E-state index in [2.05, 4.69) is 0 Å². The monoisotopic (exact) mass is 306 g/mol. The molecule has 0 bridgehead atoms. The van der Waals surface area contributed by atoms with E-state index in [0.717, 1.165) is 0 Å². The van der Waals surface area contributed by atoms with Crippen molar-refractivity contribution >= 4 is 11.6 Å². The highest BCUT2D eigenvalue weighted by Gasteiger charge is 2.50. The fourth-order valence-corrected chi connectivity index (χ4v) is 0.989. The van der Waals surface area contributed by atoms with Gasteiger partial charge in [-0.1, -0.05) is 6.08 Å². The minimum absolute atomic E-state index is 0.344. The summed E-state index contributed by atoms with van der Waals surface area (Å²) in [5.74, 6) is -1.26. The van der Waals surface area contributed by atoms with Crippen LogP contribution < -0.4 is 0 Å². The molecule has 0 aromatic heterocycles. The lowest BCUT2D eigenvalue weighted by Gasteiger charge is -2.14. The van der Waals surface area contributed by atoms with Crippen molar-refractivity contribution in [2.24, 2.45) is 0 Å². The van der Waals surface area contributed by atoms with Gasteiger partial charge < -0.3 is 0 Å². The third kappa shape index (κ3) is 5.19. The van der Waals surface area contributed by atoms with Gasteiger partial charge in [-0.15, -0.1) is 11.6 Å². The molecule has 0 atom stereocenters. The van der Waals surface area contributed by atoms with Crippen molar-refractivity contribution in [3.8, 4) is 0 Å². The van der Waals surface area contributed by atoms with Crippen LogP contribution in [0.5, 0.6) is 0 Å². The maximum atomic E-state index is 12.0. The minimum atomic E-state index is -5.81. The van der Waals surface area contributed by atoms with E-state index in [-0.39, 0.29) is 6.08 Å². The SMILES string of the molecule is FC(F)(F)C(=CC=C(C(F)(F)F)C(F)(F)F)CCl. The number of hydrogen-bond acceptors (Lipinski definition) is 0. The van der Waals surface area contributed by atoms with E-state index in [0.29, 0.717) is 0 Å². The molecule has 106 valence electrons. The van der Waals surface area contributed by atoms with E-state index in [9.17, 15) is 39.5 Å². The van der Waals surface area contributed by atoms with Gasteiger partial charge in [-0.2, -0.15) is 39.5 Å². The van der Waals surface area contributed by atoms with Gasteiger partial charge in [0.2, 0.25) is 0 Å². The van der Waals surface area contributed by atoms with Crippen molar-refractivity contribution < 1.29 is 39.5 Å². The number of alkyl halides is 10. The smallest absolute Gasteiger partial charge is 0.166 e. The molecule has 0 saturated heterocycles. The second kappa shape index (κ2) is 5.41. The first-order chi connectivity index (χ1) is 7.80. The summed E-state index contributed by atoms with van der Waals surface area (Å²) >= 11 is 4.78. The van der Waals surface area contributed by atoms with Gasteiger partial charge in [0, 0.05) is 5.57 Å². The Morgan fingerprint density at radius 3 is 1.33 bits per heavy atom. The Morgan fingerprint density at radius 2 is 1.11 bits per heavy atom. The molecule has 0 spiro atoms. The summed E-state index contributed by atoms with van der Waals surface area (Å²) in [6, 6.07) is 0. The van der Waals surface area contributed by atoms with Crippen LogP contribution in [-0.4, -0.2) is 24.4 Å². The molecule has 0 fully saturated rings. The van der Waals surface area contributed by atoms with E-state index in [1.165, 1.54) is 0 Å². The van der Waals surface area contributed by atoms with Gasteiger partial charge in [0.05, 0.1) is 5.88 Å². The van der Waals surface area contributed by atoms with Crippen molar-refractivity contribution in [1.29, 1.82) is 0 Å². The number of halogens is 10. The summed E-state index contributed by atoms with van der Waals surface area (Å²) in [6.07, 6.45) is -17.7. The van der Waals surface area contributed by atoms with Crippen LogP contribution in [-0.2, 0) is 0 Å². The van der Waals surface area contributed by atoms with Gasteiger partial charge in [0.25, 0.3) is 0 Å².